The molecule has 2 fully saturated rings. The van der Waals surface area contributed by atoms with Crippen LogP contribution in [0.3, 0.4) is 0 Å². The highest BCUT2D eigenvalue weighted by Crippen LogP contribution is 2.34. The number of amides is 1. The molecule has 8 nitrogen and oxygen atoms in total. The minimum absolute atomic E-state index is 0.0214. The Morgan fingerprint density at radius 3 is 2.58 bits per heavy atom. The third-order valence-electron chi connectivity index (χ3n) is 7.71. The number of hydrogen-bond donors (Lipinski definition) is 1. The zero-order valence-electron chi connectivity index (χ0n) is 18.9. The highest BCUT2D eigenvalue weighted by atomic mass is 16.3. The van der Waals surface area contributed by atoms with Gasteiger partial charge in [0.2, 0.25) is 5.91 Å². The van der Waals surface area contributed by atoms with Crippen molar-refractivity contribution >= 4 is 17.4 Å². The largest absolute Gasteiger partial charge is 0.389 e. The van der Waals surface area contributed by atoms with Gasteiger partial charge in [-0.05, 0) is 32.2 Å². The molecule has 31 heavy (non-hydrogen) atoms. The molecule has 8 heteroatoms. The molecular formula is C23H34N6O2. The number of likely N-dealkylation sites (tertiary alicyclic amines) is 1. The molecule has 1 N–H and O–H groups in total. The van der Waals surface area contributed by atoms with Gasteiger partial charge in [0.15, 0.2) is 5.65 Å². The topological polar surface area (TPSA) is 77.2 Å². The van der Waals surface area contributed by atoms with Crippen molar-refractivity contribution < 1.29 is 9.90 Å². The molecule has 5 rings (SSSR count). The van der Waals surface area contributed by atoms with Gasteiger partial charge < -0.3 is 19.8 Å². The summed E-state index contributed by atoms with van der Waals surface area (Å²) in [5.41, 5.74) is 2.71. The van der Waals surface area contributed by atoms with Crippen molar-refractivity contribution in [3.05, 3.63) is 23.5 Å². The maximum atomic E-state index is 13.1. The van der Waals surface area contributed by atoms with Crippen LogP contribution >= 0.6 is 0 Å². The van der Waals surface area contributed by atoms with Gasteiger partial charge in [-0.1, -0.05) is 13.8 Å². The molecular weight excluding hydrogens is 392 g/mol. The maximum absolute atomic E-state index is 13.1. The number of fused-ring (bicyclic) bond motifs is 2. The highest BCUT2D eigenvalue weighted by molar-refractivity contribution is 5.82. The Labute approximate surface area is 183 Å². The van der Waals surface area contributed by atoms with E-state index in [1.165, 1.54) is 11.3 Å². The number of nitrogens with zero attached hydrogens (tertiary/aromatic N) is 6. The first kappa shape index (κ1) is 20.7. The fraction of sp³-hybridized carbons (Fsp3) is 0.696. The third-order valence-corrected chi connectivity index (χ3v) is 7.71. The van der Waals surface area contributed by atoms with Crippen LogP contribution in [0.4, 0.5) is 5.82 Å². The Kier molecular flexibility index (Phi) is 5.17. The number of carbonyl (C=O) groups is 1. The molecule has 3 aliphatic heterocycles. The lowest BCUT2D eigenvalue weighted by Crippen LogP contribution is -2.58. The monoisotopic (exact) mass is 426 g/mol. The van der Waals surface area contributed by atoms with E-state index in [4.69, 9.17) is 4.98 Å². The van der Waals surface area contributed by atoms with Crippen molar-refractivity contribution in [3.63, 3.8) is 0 Å². The third kappa shape index (κ3) is 3.59. The van der Waals surface area contributed by atoms with Crippen molar-refractivity contribution in [2.24, 2.45) is 11.8 Å². The second kappa shape index (κ2) is 7.74. The van der Waals surface area contributed by atoms with E-state index in [-0.39, 0.29) is 17.7 Å². The molecule has 3 aliphatic rings. The molecule has 0 spiro atoms. The molecule has 5 heterocycles. The lowest BCUT2D eigenvalue weighted by Gasteiger charge is -2.46. The number of carbonyl (C=O) groups excluding carboxylic acids is 1. The van der Waals surface area contributed by atoms with Crippen LogP contribution in [0.5, 0.6) is 0 Å². The minimum atomic E-state index is -0.629. The highest BCUT2D eigenvalue weighted by Gasteiger charge is 2.42. The molecule has 0 saturated carbocycles. The van der Waals surface area contributed by atoms with Crippen LogP contribution in [0.1, 0.15) is 37.9 Å². The number of piperidine rings is 1. The average molecular weight is 427 g/mol. The predicted molar refractivity (Wildman–Crippen MR) is 119 cm³/mol. The van der Waals surface area contributed by atoms with E-state index in [2.05, 4.69) is 35.8 Å². The first-order valence-corrected chi connectivity index (χ1v) is 11.7. The number of rotatable bonds is 3. The number of hydrogen-bond acceptors (Lipinski definition) is 6. The second-order valence-electron chi connectivity index (χ2n) is 9.95. The first-order chi connectivity index (χ1) is 14.9. The van der Waals surface area contributed by atoms with Gasteiger partial charge in [-0.25, -0.2) is 4.98 Å². The Bertz CT molecular complexity index is 972. The van der Waals surface area contributed by atoms with E-state index in [0.717, 1.165) is 50.5 Å². The number of aromatic nitrogens is 3. The zero-order chi connectivity index (χ0) is 21.8. The maximum Gasteiger partial charge on any atom is 0.229 e. The predicted octanol–water partition coefficient (Wildman–Crippen LogP) is 1.21. The SMILES string of the molecule is CC(C)C1(O)CCN(C(=O)C2CN(c3c4c(nc5ccnn35)CCN(C)CC4)C2)CC1. The molecule has 2 aromatic rings. The van der Waals surface area contributed by atoms with Crippen LogP contribution in [-0.2, 0) is 17.6 Å². The van der Waals surface area contributed by atoms with Crippen molar-refractivity contribution in [2.75, 3.05) is 51.2 Å². The Morgan fingerprint density at radius 2 is 1.87 bits per heavy atom. The van der Waals surface area contributed by atoms with Crippen LogP contribution in [0.25, 0.3) is 5.65 Å². The van der Waals surface area contributed by atoms with E-state index in [1.807, 2.05) is 21.7 Å². The Hall–Kier alpha value is -2.19. The Balaban J connectivity index is 1.31. The molecule has 0 aliphatic carbocycles. The molecule has 0 atom stereocenters. The second-order valence-corrected chi connectivity index (χ2v) is 9.95. The van der Waals surface area contributed by atoms with Crippen LogP contribution in [0.2, 0.25) is 0 Å². The molecule has 0 radical (unpaired) electrons. The van der Waals surface area contributed by atoms with Gasteiger partial charge in [-0.15, -0.1) is 0 Å². The van der Waals surface area contributed by atoms with E-state index >= 15 is 0 Å². The number of aliphatic hydroxyl groups is 1. The van der Waals surface area contributed by atoms with Crippen LogP contribution < -0.4 is 4.90 Å². The summed E-state index contributed by atoms with van der Waals surface area (Å²) in [6.45, 7) is 8.92. The molecule has 0 unspecified atom stereocenters. The van der Waals surface area contributed by atoms with E-state index in [9.17, 15) is 9.90 Å². The van der Waals surface area contributed by atoms with Gasteiger partial charge in [0.25, 0.3) is 0 Å². The molecule has 2 aromatic heterocycles. The molecule has 0 bridgehead atoms. The van der Waals surface area contributed by atoms with Crippen molar-refractivity contribution in [2.45, 2.75) is 45.1 Å². The molecule has 0 aromatic carbocycles. The summed E-state index contributed by atoms with van der Waals surface area (Å²) < 4.78 is 1.95. The summed E-state index contributed by atoms with van der Waals surface area (Å²) in [5.74, 6) is 1.60. The summed E-state index contributed by atoms with van der Waals surface area (Å²) >= 11 is 0. The number of likely N-dealkylation sites (N-methyl/N-ethyl adjacent to an activating group) is 1. The summed E-state index contributed by atoms with van der Waals surface area (Å²) in [7, 11) is 2.16. The molecule has 168 valence electrons. The van der Waals surface area contributed by atoms with Gasteiger partial charge >= 0.3 is 0 Å². The lowest BCUT2D eigenvalue weighted by molar-refractivity contribution is -0.142. The van der Waals surface area contributed by atoms with E-state index in [0.29, 0.717) is 25.9 Å². The summed E-state index contributed by atoms with van der Waals surface area (Å²) in [6, 6.07) is 1.96. The minimum Gasteiger partial charge on any atom is -0.389 e. The molecule has 1 amide bonds. The van der Waals surface area contributed by atoms with Crippen molar-refractivity contribution in [3.8, 4) is 0 Å². The fourth-order valence-electron chi connectivity index (χ4n) is 5.26. The number of anilines is 1. The zero-order valence-corrected chi connectivity index (χ0v) is 18.9. The smallest absolute Gasteiger partial charge is 0.229 e. The standard InChI is InChI=1S/C23H34N6O2/c1-16(2)23(31)7-12-27(13-8-23)22(30)17-14-28(15-17)21-18-5-10-26(3)11-6-19(18)25-20-4-9-24-29(20)21/h4,9,16-17,31H,5-8,10-15H2,1-3H3. The van der Waals surface area contributed by atoms with Crippen molar-refractivity contribution in [1.29, 1.82) is 0 Å². The lowest BCUT2D eigenvalue weighted by atomic mass is 9.81. The van der Waals surface area contributed by atoms with Crippen molar-refractivity contribution in [1.82, 2.24) is 24.4 Å². The Morgan fingerprint density at radius 1 is 1.16 bits per heavy atom. The van der Waals surface area contributed by atoms with Gasteiger partial charge in [-0.3, -0.25) is 4.79 Å². The fourth-order valence-corrected chi connectivity index (χ4v) is 5.26. The van der Waals surface area contributed by atoms with Crippen LogP contribution in [0, 0.1) is 11.8 Å². The molecule has 2 saturated heterocycles. The average Bonchev–Trinajstić information content (AvgIpc) is 3.10. The quantitative estimate of drug-likeness (QED) is 0.795. The van der Waals surface area contributed by atoms with Crippen LogP contribution in [-0.4, -0.2) is 87.3 Å². The summed E-state index contributed by atoms with van der Waals surface area (Å²) in [6.07, 6.45) is 5.06. The van der Waals surface area contributed by atoms with E-state index in [1.54, 1.807) is 0 Å². The first-order valence-electron chi connectivity index (χ1n) is 11.7. The normalized spacial score (nSPS) is 22.5. The van der Waals surface area contributed by atoms with Crippen LogP contribution in [0.15, 0.2) is 12.3 Å². The van der Waals surface area contributed by atoms with Gasteiger partial charge in [-0.2, -0.15) is 9.61 Å². The van der Waals surface area contributed by atoms with Gasteiger partial charge in [0.1, 0.15) is 5.82 Å². The summed E-state index contributed by atoms with van der Waals surface area (Å²) in [5, 5.41) is 15.3. The van der Waals surface area contributed by atoms with E-state index < -0.39 is 5.60 Å². The van der Waals surface area contributed by atoms with Gasteiger partial charge in [0, 0.05) is 57.3 Å². The van der Waals surface area contributed by atoms with Gasteiger partial charge in [0.05, 0.1) is 23.4 Å². The summed E-state index contributed by atoms with van der Waals surface area (Å²) in [4.78, 5) is 24.6.